The predicted molar refractivity (Wildman–Crippen MR) is 275 cm³/mol. The topological polar surface area (TPSA) is 65.1 Å². The number of amides is 1. The molecule has 1 fully saturated rings. The zero-order valence-corrected chi connectivity index (χ0v) is 43.3. The first kappa shape index (κ1) is 59.8. The molecule has 374 valence electrons. The van der Waals surface area contributed by atoms with Crippen LogP contribution in [0.3, 0.4) is 0 Å². The molecule has 0 bridgehead atoms. The summed E-state index contributed by atoms with van der Waals surface area (Å²) in [5.74, 6) is 1.09. The van der Waals surface area contributed by atoms with Gasteiger partial charge in [-0.05, 0) is 96.4 Å². The average molecular weight is 890 g/mol. The minimum atomic E-state index is -0.00667. The van der Waals surface area contributed by atoms with E-state index in [1.807, 2.05) is 0 Å². The van der Waals surface area contributed by atoms with Gasteiger partial charge in [0.05, 0.1) is 13.2 Å². The van der Waals surface area contributed by atoms with Crippen molar-refractivity contribution in [3.63, 3.8) is 0 Å². The van der Waals surface area contributed by atoms with Gasteiger partial charge in [-0.25, -0.2) is 0 Å². The number of carbonyl (C=O) groups is 2. The molecule has 0 unspecified atom stereocenters. The molecule has 1 aliphatic rings. The molecule has 7 nitrogen and oxygen atoms in total. The van der Waals surface area contributed by atoms with E-state index in [4.69, 9.17) is 4.74 Å². The maximum Gasteiger partial charge on any atom is 0.305 e. The van der Waals surface area contributed by atoms with E-state index in [0.717, 1.165) is 90.1 Å². The number of piperidine rings is 1. The fraction of sp³-hybridized carbons (Fsp3) is 0.964. The van der Waals surface area contributed by atoms with Gasteiger partial charge in [0.1, 0.15) is 0 Å². The van der Waals surface area contributed by atoms with E-state index in [1.54, 1.807) is 0 Å². The first-order valence-corrected chi connectivity index (χ1v) is 28.6. The monoisotopic (exact) mass is 889 g/mol. The zero-order chi connectivity index (χ0) is 45.5. The number of esters is 1. The Hall–Kier alpha value is -1.18. The number of likely N-dealkylation sites (tertiary alicyclic amines) is 1. The smallest absolute Gasteiger partial charge is 0.305 e. The summed E-state index contributed by atoms with van der Waals surface area (Å²) in [7, 11) is 0. The van der Waals surface area contributed by atoms with Gasteiger partial charge in [-0.1, -0.05) is 207 Å². The van der Waals surface area contributed by atoms with Gasteiger partial charge in [0.2, 0.25) is 5.91 Å². The zero-order valence-electron chi connectivity index (χ0n) is 43.3. The first-order valence-electron chi connectivity index (χ1n) is 28.6. The maximum atomic E-state index is 13.7. The van der Waals surface area contributed by atoms with Gasteiger partial charge in [0.25, 0.3) is 0 Å². The van der Waals surface area contributed by atoms with Gasteiger partial charge in [0.15, 0.2) is 0 Å². The van der Waals surface area contributed by atoms with Crippen molar-refractivity contribution in [1.29, 1.82) is 0 Å². The number of nitrogens with zero attached hydrogens (tertiary/aromatic N) is 3. The minimum Gasteiger partial charge on any atom is -0.466 e. The summed E-state index contributed by atoms with van der Waals surface area (Å²) in [6.45, 7) is 19.9. The summed E-state index contributed by atoms with van der Waals surface area (Å²) in [6.07, 6.45) is 48.8. The van der Waals surface area contributed by atoms with E-state index in [0.29, 0.717) is 25.5 Å². The number of carbonyl (C=O) groups excluding carboxylic acids is 2. The molecule has 1 N–H and O–H groups in total. The summed E-state index contributed by atoms with van der Waals surface area (Å²) in [6, 6.07) is 0. The molecule has 0 aromatic heterocycles. The number of nitrogens with one attached hydrogen (secondary N) is 1. The van der Waals surface area contributed by atoms with Crippen LogP contribution in [0.1, 0.15) is 272 Å². The van der Waals surface area contributed by atoms with E-state index >= 15 is 0 Å². The minimum absolute atomic E-state index is 0.00667. The molecule has 0 spiro atoms. The third-order valence-electron chi connectivity index (χ3n) is 14.0. The Morgan fingerprint density at radius 2 is 0.873 bits per heavy atom. The quantitative estimate of drug-likeness (QED) is 0.0485. The van der Waals surface area contributed by atoms with Crippen LogP contribution >= 0.6 is 0 Å². The normalized spacial score (nSPS) is 13.5. The second-order valence-electron chi connectivity index (χ2n) is 20.1. The molecule has 1 saturated heterocycles. The maximum absolute atomic E-state index is 13.7. The fourth-order valence-corrected chi connectivity index (χ4v) is 9.52. The summed E-state index contributed by atoms with van der Waals surface area (Å²) in [4.78, 5) is 33.2. The molecule has 0 aromatic carbocycles. The van der Waals surface area contributed by atoms with Crippen LogP contribution in [0.15, 0.2) is 0 Å². The Kier molecular flexibility index (Phi) is 44.9. The van der Waals surface area contributed by atoms with Gasteiger partial charge in [-0.15, -0.1) is 0 Å². The average Bonchev–Trinajstić information content (AvgIpc) is 3.29. The molecule has 0 atom stereocenters. The van der Waals surface area contributed by atoms with Crippen LogP contribution < -0.4 is 5.32 Å². The number of ether oxygens (including phenoxy) is 1. The van der Waals surface area contributed by atoms with Crippen molar-refractivity contribution in [1.82, 2.24) is 20.0 Å². The van der Waals surface area contributed by atoms with Crippen LogP contribution in [-0.2, 0) is 14.3 Å². The molecule has 63 heavy (non-hydrogen) atoms. The van der Waals surface area contributed by atoms with Crippen molar-refractivity contribution < 1.29 is 14.3 Å². The van der Waals surface area contributed by atoms with Crippen LogP contribution in [0.25, 0.3) is 0 Å². The summed E-state index contributed by atoms with van der Waals surface area (Å²) in [5, 5.41) is 3.71. The molecule has 1 rings (SSSR count). The Balaban J connectivity index is 2.50. The summed E-state index contributed by atoms with van der Waals surface area (Å²) >= 11 is 0. The Morgan fingerprint density at radius 1 is 0.460 bits per heavy atom. The van der Waals surface area contributed by atoms with Gasteiger partial charge in [-0.2, -0.15) is 0 Å². The lowest BCUT2D eigenvalue weighted by Gasteiger charge is -2.34. The molecule has 7 heteroatoms. The van der Waals surface area contributed by atoms with E-state index in [2.05, 4.69) is 47.7 Å². The van der Waals surface area contributed by atoms with Gasteiger partial charge in [-0.3, -0.25) is 14.5 Å². The highest BCUT2D eigenvalue weighted by molar-refractivity contribution is 5.78. The van der Waals surface area contributed by atoms with Crippen LogP contribution in [-0.4, -0.2) is 98.6 Å². The highest BCUT2D eigenvalue weighted by Crippen LogP contribution is 2.22. The SMILES string of the molecule is CCCCCCCCCCCCCCN(CCCCCCCC(=O)OCCCCC)CCC1CCN(C(=O)CN(CCCCCCCCC)CCNCCCCCCCCC)CC1. The van der Waals surface area contributed by atoms with Crippen molar-refractivity contribution >= 4 is 11.9 Å². The van der Waals surface area contributed by atoms with Crippen molar-refractivity contribution in [3.8, 4) is 0 Å². The molecule has 0 radical (unpaired) electrons. The largest absolute Gasteiger partial charge is 0.466 e. The van der Waals surface area contributed by atoms with Crippen LogP contribution in [0.2, 0.25) is 0 Å². The molecule has 1 amide bonds. The molecule has 0 saturated carbocycles. The van der Waals surface area contributed by atoms with Gasteiger partial charge < -0.3 is 19.9 Å². The Labute approximate surface area is 394 Å². The van der Waals surface area contributed by atoms with E-state index in [-0.39, 0.29) is 5.97 Å². The standard InChI is InChI=1S/C56H112N4O3/c1-5-9-13-16-19-20-21-22-23-26-30-35-45-58(46-36-32-27-28-33-39-56(62)63-52-38-12-8-4)48-40-54-41-49-60(50-42-54)55(61)53-59(47-37-31-25-18-15-11-7-3)51-44-57-43-34-29-24-17-14-10-6-2/h54,57H,5-53H2,1-4H3. The van der Waals surface area contributed by atoms with Crippen LogP contribution in [0.4, 0.5) is 0 Å². The highest BCUT2D eigenvalue weighted by atomic mass is 16.5. The predicted octanol–water partition coefficient (Wildman–Crippen LogP) is 15.1. The molecule has 1 aliphatic heterocycles. The molecular formula is C56H112N4O3. The summed E-state index contributed by atoms with van der Waals surface area (Å²) < 4.78 is 5.40. The number of hydrogen-bond acceptors (Lipinski definition) is 6. The van der Waals surface area contributed by atoms with Gasteiger partial charge >= 0.3 is 5.97 Å². The Morgan fingerprint density at radius 3 is 1.37 bits per heavy atom. The number of unbranched alkanes of at least 4 members (excludes halogenated alkanes) is 29. The van der Waals surface area contributed by atoms with Crippen molar-refractivity contribution in [2.24, 2.45) is 5.92 Å². The van der Waals surface area contributed by atoms with E-state index in [9.17, 15) is 9.59 Å². The summed E-state index contributed by atoms with van der Waals surface area (Å²) in [5.41, 5.74) is 0. The number of rotatable bonds is 49. The Bertz CT molecular complexity index is 957. The molecule has 1 heterocycles. The second kappa shape index (κ2) is 47.3. The lowest BCUT2D eigenvalue weighted by Crippen LogP contribution is -2.46. The molecule has 0 aliphatic carbocycles. The van der Waals surface area contributed by atoms with Crippen molar-refractivity contribution in [2.45, 2.75) is 272 Å². The molecular weight excluding hydrogens is 777 g/mol. The van der Waals surface area contributed by atoms with E-state index < -0.39 is 0 Å². The lowest BCUT2D eigenvalue weighted by atomic mass is 9.93. The highest BCUT2D eigenvalue weighted by Gasteiger charge is 2.24. The van der Waals surface area contributed by atoms with Gasteiger partial charge in [0, 0.05) is 32.6 Å². The van der Waals surface area contributed by atoms with E-state index in [1.165, 1.54) is 212 Å². The van der Waals surface area contributed by atoms with Crippen LogP contribution in [0, 0.1) is 5.92 Å². The number of hydrogen-bond donors (Lipinski definition) is 1. The third kappa shape index (κ3) is 39.7. The van der Waals surface area contributed by atoms with Crippen molar-refractivity contribution in [2.75, 3.05) is 72.1 Å². The van der Waals surface area contributed by atoms with Crippen molar-refractivity contribution in [3.05, 3.63) is 0 Å². The lowest BCUT2D eigenvalue weighted by molar-refractivity contribution is -0.144. The second-order valence-corrected chi connectivity index (χ2v) is 20.1. The third-order valence-corrected chi connectivity index (χ3v) is 14.0. The first-order chi connectivity index (χ1) is 31.0. The molecule has 0 aromatic rings. The van der Waals surface area contributed by atoms with Crippen LogP contribution in [0.5, 0.6) is 0 Å². The fourth-order valence-electron chi connectivity index (χ4n) is 9.52.